The van der Waals surface area contributed by atoms with Crippen molar-refractivity contribution in [3.05, 3.63) is 40.4 Å². The molecule has 0 bridgehead atoms. The first-order chi connectivity index (χ1) is 9.33. The van der Waals surface area contributed by atoms with Crippen LogP contribution in [0.4, 0.5) is 0 Å². The minimum absolute atomic E-state index is 0.722. The van der Waals surface area contributed by atoms with Gasteiger partial charge in [-0.1, -0.05) is 30.3 Å². The molecule has 100 valence electrons. The van der Waals surface area contributed by atoms with Crippen molar-refractivity contribution in [1.29, 1.82) is 0 Å². The predicted molar refractivity (Wildman–Crippen MR) is 83.9 cm³/mol. The molecule has 3 rings (SSSR count). The Morgan fingerprint density at radius 1 is 1.21 bits per heavy atom. The third-order valence-corrected chi connectivity index (χ3v) is 4.45. The molecule has 3 nitrogen and oxygen atoms in total. The average Bonchev–Trinajstić information content (AvgIpc) is 2.82. The highest BCUT2D eigenvalue weighted by Gasteiger charge is 2.16. The van der Waals surface area contributed by atoms with Gasteiger partial charge in [-0.2, -0.15) is 0 Å². The highest BCUT2D eigenvalue weighted by molar-refractivity contribution is 14.1. The van der Waals surface area contributed by atoms with Crippen LogP contribution in [0.15, 0.2) is 36.5 Å². The van der Waals surface area contributed by atoms with E-state index in [1.807, 2.05) is 6.07 Å². The van der Waals surface area contributed by atoms with Crippen LogP contribution in [0.2, 0.25) is 0 Å². The van der Waals surface area contributed by atoms with Gasteiger partial charge in [0.15, 0.2) is 3.83 Å². The fourth-order valence-corrected chi connectivity index (χ4v) is 3.07. The summed E-state index contributed by atoms with van der Waals surface area (Å²) >= 11 is 2.32. The van der Waals surface area contributed by atoms with E-state index in [0.717, 1.165) is 48.0 Å². The Balaban J connectivity index is 1.77. The van der Waals surface area contributed by atoms with E-state index < -0.39 is 0 Å². The monoisotopic (exact) mass is 368 g/mol. The summed E-state index contributed by atoms with van der Waals surface area (Å²) in [6.07, 6.45) is 4.50. The Kier molecular flexibility index (Phi) is 4.18. The SMILES string of the molecule is Ic1nc(-c2ccccc2)cn1CC1CCOCC1. The summed E-state index contributed by atoms with van der Waals surface area (Å²) in [7, 11) is 0. The smallest absolute Gasteiger partial charge is 0.171 e. The van der Waals surface area contributed by atoms with E-state index >= 15 is 0 Å². The molecule has 0 spiro atoms. The maximum absolute atomic E-state index is 5.42. The largest absolute Gasteiger partial charge is 0.381 e. The van der Waals surface area contributed by atoms with E-state index in [9.17, 15) is 0 Å². The van der Waals surface area contributed by atoms with Crippen LogP contribution >= 0.6 is 22.6 Å². The van der Waals surface area contributed by atoms with Crippen LogP contribution in [-0.4, -0.2) is 22.8 Å². The zero-order valence-corrected chi connectivity index (χ0v) is 12.9. The lowest BCUT2D eigenvalue weighted by Gasteiger charge is -2.22. The lowest BCUT2D eigenvalue weighted by Crippen LogP contribution is -2.20. The number of imidazole rings is 1. The molecular formula is C15H17IN2O. The van der Waals surface area contributed by atoms with E-state index in [1.165, 1.54) is 5.56 Å². The van der Waals surface area contributed by atoms with E-state index in [4.69, 9.17) is 4.74 Å². The molecule has 1 saturated heterocycles. The molecular weight excluding hydrogens is 351 g/mol. The van der Waals surface area contributed by atoms with Crippen molar-refractivity contribution in [3.8, 4) is 11.3 Å². The van der Waals surface area contributed by atoms with Gasteiger partial charge in [0.2, 0.25) is 0 Å². The second-order valence-electron chi connectivity index (χ2n) is 4.97. The van der Waals surface area contributed by atoms with Crippen LogP contribution < -0.4 is 0 Å². The summed E-state index contributed by atoms with van der Waals surface area (Å²) in [4.78, 5) is 4.66. The molecule has 1 aliphatic rings. The van der Waals surface area contributed by atoms with Crippen molar-refractivity contribution in [3.63, 3.8) is 0 Å². The second-order valence-corrected chi connectivity index (χ2v) is 5.93. The Morgan fingerprint density at radius 2 is 1.95 bits per heavy atom. The molecule has 0 N–H and O–H groups in total. The van der Waals surface area contributed by atoms with Crippen LogP contribution in [0, 0.1) is 9.75 Å². The molecule has 0 radical (unpaired) electrons. The number of nitrogens with zero attached hydrogens (tertiary/aromatic N) is 2. The van der Waals surface area contributed by atoms with Gasteiger partial charge in [-0.3, -0.25) is 0 Å². The van der Waals surface area contributed by atoms with Crippen molar-refractivity contribution >= 4 is 22.6 Å². The number of rotatable bonds is 3. The van der Waals surface area contributed by atoms with Crippen molar-refractivity contribution in [1.82, 2.24) is 9.55 Å². The van der Waals surface area contributed by atoms with Crippen molar-refractivity contribution < 1.29 is 4.74 Å². The van der Waals surface area contributed by atoms with Gasteiger partial charge in [-0.05, 0) is 41.4 Å². The van der Waals surface area contributed by atoms with E-state index in [-0.39, 0.29) is 0 Å². The van der Waals surface area contributed by atoms with E-state index in [2.05, 4.69) is 62.6 Å². The van der Waals surface area contributed by atoms with Gasteiger partial charge in [-0.15, -0.1) is 0 Å². The van der Waals surface area contributed by atoms with Gasteiger partial charge < -0.3 is 9.30 Å². The summed E-state index contributed by atoms with van der Waals surface area (Å²) in [6.45, 7) is 2.87. The van der Waals surface area contributed by atoms with E-state index in [0.29, 0.717) is 0 Å². The molecule has 1 aromatic carbocycles. The van der Waals surface area contributed by atoms with Gasteiger partial charge in [0, 0.05) is 31.5 Å². The zero-order valence-electron chi connectivity index (χ0n) is 10.8. The van der Waals surface area contributed by atoms with E-state index in [1.54, 1.807) is 0 Å². The number of hydrogen-bond donors (Lipinski definition) is 0. The number of ether oxygens (including phenoxy) is 1. The highest BCUT2D eigenvalue weighted by Crippen LogP contribution is 2.22. The standard InChI is InChI=1S/C15H17IN2O/c16-15-17-14(13-4-2-1-3-5-13)11-18(15)10-12-6-8-19-9-7-12/h1-5,11-12H,6-10H2. The summed E-state index contributed by atoms with van der Waals surface area (Å²) < 4.78 is 8.76. The van der Waals surface area contributed by atoms with Crippen molar-refractivity contribution in [2.24, 2.45) is 5.92 Å². The predicted octanol–water partition coefficient (Wildman–Crippen LogP) is 3.58. The van der Waals surface area contributed by atoms with Crippen molar-refractivity contribution in [2.75, 3.05) is 13.2 Å². The second kappa shape index (κ2) is 6.05. The van der Waals surface area contributed by atoms with Crippen LogP contribution in [0.3, 0.4) is 0 Å². The molecule has 2 aromatic rings. The first kappa shape index (κ1) is 13.1. The van der Waals surface area contributed by atoms with Gasteiger partial charge in [-0.25, -0.2) is 4.98 Å². The number of halogens is 1. The minimum atomic E-state index is 0.722. The molecule has 4 heteroatoms. The summed E-state index contributed by atoms with van der Waals surface area (Å²) in [6, 6.07) is 10.4. The third-order valence-electron chi connectivity index (χ3n) is 3.59. The average molecular weight is 368 g/mol. The molecule has 2 heterocycles. The normalized spacial score (nSPS) is 16.7. The topological polar surface area (TPSA) is 27.1 Å². The molecule has 1 aliphatic heterocycles. The summed E-state index contributed by atoms with van der Waals surface area (Å²) in [5, 5.41) is 0. The fraction of sp³-hybridized carbons (Fsp3) is 0.400. The van der Waals surface area contributed by atoms with Crippen LogP contribution in [0.25, 0.3) is 11.3 Å². The summed E-state index contributed by atoms with van der Waals surface area (Å²) in [5.41, 5.74) is 2.25. The van der Waals surface area contributed by atoms with Gasteiger partial charge >= 0.3 is 0 Å². The first-order valence-corrected chi connectivity index (χ1v) is 7.76. The molecule has 0 unspecified atom stereocenters. The number of aromatic nitrogens is 2. The third kappa shape index (κ3) is 3.17. The quantitative estimate of drug-likeness (QED) is 0.775. The maximum atomic E-state index is 5.42. The summed E-state index contributed by atoms with van der Waals surface area (Å²) in [5.74, 6) is 0.722. The highest BCUT2D eigenvalue weighted by atomic mass is 127. The molecule has 1 fully saturated rings. The van der Waals surface area contributed by atoms with Gasteiger partial charge in [0.25, 0.3) is 0 Å². The minimum Gasteiger partial charge on any atom is -0.381 e. The molecule has 0 atom stereocenters. The molecule has 0 aliphatic carbocycles. The molecule has 0 saturated carbocycles. The van der Waals surface area contributed by atoms with Gasteiger partial charge in [0.05, 0.1) is 5.69 Å². The Morgan fingerprint density at radius 3 is 2.68 bits per heavy atom. The zero-order chi connectivity index (χ0) is 13.1. The van der Waals surface area contributed by atoms with Crippen LogP contribution in [0.5, 0.6) is 0 Å². The number of benzene rings is 1. The van der Waals surface area contributed by atoms with Crippen LogP contribution in [-0.2, 0) is 11.3 Å². The van der Waals surface area contributed by atoms with Gasteiger partial charge in [0.1, 0.15) is 0 Å². The molecule has 1 aromatic heterocycles. The lowest BCUT2D eigenvalue weighted by molar-refractivity contribution is 0.0610. The fourth-order valence-electron chi connectivity index (χ4n) is 2.48. The molecule has 0 amide bonds. The number of hydrogen-bond acceptors (Lipinski definition) is 2. The Labute approximate surface area is 127 Å². The Bertz CT molecular complexity index is 532. The van der Waals surface area contributed by atoms with Crippen molar-refractivity contribution in [2.45, 2.75) is 19.4 Å². The molecule has 19 heavy (non-hydrogen) atoms. The maximum Gasteiger partial charge on any atom is 0.171 e. The first-order valence-electron chi connectivity index (χ1n) is 6.69. The van der Waals surface area contributed by atoms with Crippen LogP contribution in [0.1, 0.15) is 12.8 Å². The lowest BCUT2D eigenvalue weighted by atomic mass is 10.0. The Hall–Kier alpha value is -0.880.